The second kappa shape index (κ2) is 7.11. The molecule has 1 aromatic rings. The number of hydrogen-bond donors (Lipinski definition) is 1. The van der Waals surface area contributed by atoms with E-state index in [-0.39, 0.29) is 0 Å². The van der Waals surface area contributed by atoms with Crippen molar-refractivity contribution in [3.8, 4) is 0 Å². The lowest BCUT2D eigenvalue weighted by Gasteiger charge is -2.33. The van der Waals surface area contributed by atoms with Crippen LogP contribution >= 0.6 is 12.2 Å². The number of nitrogens with zero attached hydrogens (tertiary/aromatic N) is 2. The lowest BCUT2D eigenvalue weighted by molar-refractivity contribution is 0.306. The molecule has 1 aromatic heterocycles. The largest absolute Gasteiger partial charge is 0.363 e. The van der Waals surface area contributed by atoms with E-state index < -0.39 is 0 Å². The van der Waals surface area contributed by atoms with Gasteiger partial charge in [-0.15, -0.1) is 0 Å². The van der Waals surface area contributed by atoms with E-state index in [1.165, 1.54) is 25.0 Å². The highest BCUT2D eigenvalue weighted by Crippen LogP contribution is 2.32. The smallest absolute Gasteiger partial charge is 0.169 e. The van der Waals surface area contributed by atoms with Crippen LogP contribution < -0.4 is 5.32 Å². The van der Waals surface area contributed by atoms with Gasteiger partial charge in [0.25, 0.3) is 0 Å². The Hall–Kier alpha value is -1.03. The molecule has 2 heterocycles. The molecule has 1 aliphatic heterocycles. The van der Waals surface area contributed by atoms with Crippen molar-refractivity contribution in [2.75, 3.05) is 13.1 Å². The molecule has 0 aromatic carbocycles. The van der Waals surface area contributed by atoms with Crippen molar-refractivity contribution >= 4 is 17.3 Å². The number of thiocarbonyl (C=S) groups is 1. The Morgan fingerprint density at radius 2 is 2.20 bits per heavy atom. The van der Waals surface area contributed by atoms with Crippen molar-refractivity contribution < 1.29 is 0 Å². The van der Waals surface area contributed by atoms with Crippen LogP contribution in [-0.2, 0) is 7.05 Å². The maximum absolute atomic E-state index is 5.64. The lowest BCUT2D eigenvalue weighted by Crippen LogP contribution is -2.42. The standard InChI is InChI=1S/C16H27N3S/c1-4-10-17-16(20)19-12-9-13(2)7-8-15(19)14-6-5-11-18(14)3/h5-6,11,13,15H,4,7-10,12H2,1-3H3,(H,17,20)/t13-,15+/m1/s1. The lowest BCUT2D eigenvalue weighted by atomic mass is 10.0. The number of hydrogen-bond acceptors (Lipinski definition) is 1. The molecule has 4 heteroatoms. The Morgan fingerprint density at radius 1 is 1.40 bits per heavy atom. The van der Waals surface area contributed by atoms with E-state index in [4.69, 9.17) is 12.2 Å². The number of rotatable bonds is 3. The molecule has 0 spiro atoms. The molecule has 20 heavy (non-hydrogen) atoms. The van der Waals surface area contributed by atoms with Gasteiger partial charge in [-0.2, -0.15) is 0 Å². The van der Waals surface area contributed by atoms with E-state index in [1.807, 2.05) is 0 Å². The number of nitrogens with one attached hydrogen (secondary N) is 1. The fraction of sp³-hybridized carbons (Fsp3) is 0.688. The van der Waals surface area contributed by atoms with Gasteiger partial charge < -0.3 is 14.8 Å². The molecule has 2 rings (SSSR count). The second-order valence-corrected chi connectivity index (χ2v) is 6.34. The topological polar surface area (TPSA) is 20.2 Å². The highest BCUT2D eigenvalue weighted by molar-refractivity contribution is 7.80. The average Bonchev–Trinajstić information content (AvgIpc) is 2.75. The molecule has 0 aliphatic carbocycles. The fourth-order valence-corrected chi connectivity index (χ4v) is 3.28. The normalized spacial score (nSPS) is 23.4. The van der Waals surface area contributed by atoms with Crippen LogP contribution in [0.5, 0.6) is 0 Å². The minimum absolute atomic E-state index is 0.414. The molecule has 1 aliphatic rings. The van der Waals surface area contributed by atoms with E-state index >= 15 is 0 Å². The Labute approximate surface area is 128 Å². The van der Waals surface area contributed by atoms with Gasteiger partial charge in [-0.25, -0.2) is 0 Å². The summed E-state index contributed by atoms with van der Waals surface area (Å²) in [5.41, 5.74) is 1.37. The van der Waals surface area contributed by atoms with Gasteiger partial charge in [0.05, 0.1) is 6.04 Å². The van der Waals surface area contributed by atoms with Crippen LogP contribution in [0.25, 0.3) is 0 Å². The first-order valence-corrected chi connectivity index (χ1v) is 8.20. The van der Waals surface area contributed by atoms with Gasteiger partial charge in [0.1, 0.15) is 0 Å². The van der Waals surface area contributed by atoms with Crippen LogP contribution in [-0.4, -0.2) is 27.7 Å². The summed E-state index contributed by atoms with van der Waals surface area (Å²) in [6.45, 7) is 6.56. The molecule has 0 unspecified atom stereocenters. The zero-order chi connectivity index (χ0) is 14.5. The summed E-state index contributed by atoms with van der Waals surface area (Å²) >= 11 is 5.64. The van der Waals surface area contributed by atoms with Crippen LogP contribution in [0.2, 0.25) is 0 Å². The van der Waals surface area contributed by atoms with E-state index in [0.29, 0.717) is 6.04 Å². The number of likely N-dealkylation sites (tertiary alicyclic amines) is 1. The molecule has 112 valence electrons. The maximum Gasteiger partial charge on any atom is 0.169 e. The third-order valence-electron chi connectivity index (χ3n) is 4.28. The molecular formula is C16H27N3S. The minimum Gasteiger partial charge on any atom is -0.363 e. The molecule has 0 bridgehead atoms. The first-order valence-electron chi connectivity index (χ1n) is 7.79. The van der Waals surface area contributed by atoms with Crippen LogP contribution in [0.1, 0.15) is 51.3 Å². The molecule has 0 amide bonds. The van der Waals surface area contributed by atoms with E-state index in [2.05, 4.69) is 54.0 Å². The van der Waals surface area contributed by atoms with Gasteiger partial charge in [-0.1, -0.05) is 13.8 Å². The predicted molar refractivity (Wildman–Crippen MR) is 88.8 cm³/mol. The van der Waals surface area contributed by atoms with Crippen molar-refractivity contribution in [3.63, 3.8) is 0 Å². The summed E-state index contributed by atoms with van der Waals surface area (Å²) < 4.78 is 2.23. The van der Waals surface area contributed by atoms with Gasteiger partial charge in [0, 0.05) is 32.0 Å². The Bertz CT molecular complexity index is 441. The zero-order valence-electron chi connectivity index (χ0n) is 12.9. The number of aromatic nitrogens is 1. The summed E-state index contributed by atoms with van der Waals surface area (Å²) in [5, 5.41) is 4.33. The van der Waals surface area contributed by atoms with Crippen molar-refractivity contribution in [2.45, 2.75) is 45.6 Å². The quantitative estimate of drug-likeness (QED) is 0.862. The summed E-state index contributed by atoms with van der Waals surface area (Å²) in [5.74, 6) is 0.789. The highest BCUT2D eigenvalue weighted by atomic mass is 32.1. The van der Waals surface area contributed by atoms with Crippen LogP contribution in [0.4, 0.5) is 0 Å². The van der Waals surface area contributed by atoms with Gasteiger partial charge in [-0.3, -0.25) is 0 Å². The monoisotopic (exact) mass is 293 g/mol. The van der Waals surface area contributed by atoms with Crippen molar-refractivity contribution in [1.82, 2.24) is 14.8 Å². The summed E-state index contributed by atoms with van der Waals surface area (Å²) in [6, 6.07) is 4.78. The van der Waals surface area contributed by atoms with Gasteiger partial charge in [0.15, 0.2) is 5.11 Å². The van der Waals surface area contributed by atoms with Crippen LogP contribution in [0.3, 0.4) is 0 Å². The Morgan fingerprint density at radius 3 is 2.85 bits per heavy atom. The number of aryl methyl sites for hydroxylation is 1. The van der Waals surface area contributed by atoms with Crippen molar-refractivity contribution in [1.29, 1.82) is 0 Å². The average molecular weight is 293 g/mol. The molecular weight excluding hydrogens is 266 g/mol. The highest BCUT2D eigenvalue weighted by Gasteiger charge is 2.27. The third-order valence-corrected chi connectivity index (χ3v) is 4.66. The molecule has 3 nitrogen and oxygen atoms in total. The molecule has 0 radical (unpaired) electrons. The van der Waals surface area contributed by atoms with Crippen molar-refractivity contribution in [2.24, 2.45) is 13.0 Å². The summed E-state index contributed by atoms with van der Waals surface area (Å²) in [7, 11) is 2.13. The molecule has 1 saturated heterocycles. The second-order valence-electron chi connectivity index (χ2n) is 5.96. The Kier molecular flexibility index (Phi) is 5.46. The predicted octanol–water partition coefficient (Wildman–Crippen LogP) is 3.47. The van der Waals surface area contributed by atoms with Crippen molar-refractivity contribution in [3.05, 3.63) is 24.0 Å². The minimum atomic E-state index is 0.414. The first kappa shape index (κ1) is 15.4. The van der Waals surface area contributed by atoms with Crippen LogP contribution in [0.15, 0.2) is 18.3 Å². The van der Waals surface area contributed by atoms with E-state index in [0.717, 1.165) is 30.5 Å². The third kappa shape index (κ3) is 3.54. The molecule has 0 saturated carbocycles. The maximum atomic E-state index is 5.64. The molecule has 1 fully saturated rings. The van der Waals surface area contributed by atoms with Gasteiger partial charge >= 0.3 is 0 Å². The molecule has 2 atom stereocenters. The van der Waals surface area contributed by atoms with E-state index in [1.54, 1.807) is 0 Å². The first-order chi connectivity index (χ1) is 9.63. The summed E-state index contributed by atoms with van der Waals surface area (Å²) in [4.78, 5) is 2.41. The van der Waals surface area contributed by atoms with E-state index in [9.17, 15) is 0 Å². The summed E-state index contributed by atoms with van der Waals surface area (Å²) in [6.07, 6.45) is 6.94. The zero-order valence-corrected chi connectivity index (χ0v) is 13.7. The van der Waals surface area contributed by atoms with Gasteiger partial charge in [-0.05, 0) is 56.0 Å². The molecule has 1 N–H and O–H groups in total. The fourth-order valence-electron chi connectivity index (χ4n) is 2.96. The SMILES string of the molecule is CCCNC(=S)N1CC[C@H](C)CC[C@H]1c1cccn1C. The Balaban J connectivity index is 2.19. The van der Waals surface area contributed by atoms with Gasteiger partial charge in [0.2, 0.25) is 0 Å². The van der Waals surface area contributed by atoms with Crippen LogP contribution in [0, 0.1) is 5.92 Å².